The number of benzene rings is 1. The molecule has 2 nitrogen and oxygen atoms in total. The van der Waals surface area contributed by atoms with Gasteiger partial charge < -0.3 is 9.31 Å². The highest BCUT2D eigenvalue weighted by atomic mass is 19.1. The summed E-state index contributed by atoms with van der Waals surface area (Å²) >= 11 is 0. The molecule has 1 fully saturated rings. The molecule has 1 aromatic carbocycles. The summed E-state index contributed by atoms with van der Waals surface area (Å²) in [7, 11) is -0.384. The minimum absolute atomic E-state index is 0.353. The lowest BCUT2D eigenvalue weighted by Gasteiger charge is -2.32. The molecule has 0 aromatic heterocycles. The van der Waals surface area contributed by atoms with Crippen LogP contribution in [0.2, 0.25) is 0 Å². The van der Waals surface area contributed by atoms with Gasteiger partial charge in [0.25, 0.3) is 0 Å². The molecule has 0 N–H and O–H groups in total. The van der Waals surface area contributed by atoms with Crippen molar-refractivity contribution in [2.75, 3.05) is 0 Å². The molecule has 1 atom stereocenters. The van der Waals surface area contributed by atoms with E-state index in [-0.39, 0.29) is 18.3 Å². The number of hydrogen-bond acceptors (Lipinski definition) is 2. The summed E-state index contributed by atoms with van der Waals surface area (Å²) in [6.07, 6.45) is 0.233. The molecule has 0 spiro atoms. The lowest BCUT2D eigenvalue weighted by Crippen LogP contribution is -2.41. The van der Waals surface area contributed by atoms with E-state index in [1.54, 1.807) is 0 Å². The van der Waals surface area contributed by atoms with Crippen LogP contribution in [0.4, 0.5) is 4.39 Å². The van der Waals surface area contributed by atoms with Crippen molar-refractivity contribution in [2.24, 2.45) is 0 Å². The van der Waals surface area contributed by atoms with E-state index in [9.17, 15) is 4.39 Å². The third-order valence-corrected chi connectivity index (χ3v) is 4.68. The third-order valence-electron chi connectivity index (χ3n) is 4.68. The average molecular weight is 262 g/mol. The average Bonchev–Trinajstić information content (AvgIpc) is 2.75. The predicted octanol–water partition coefficient (Wildman–Crippen LogP) is 2.42. The van der Waals surface area contributed by atoms with Crippen LogP contribution < -0.4 is 5.46 Å². The highest BCUT2D eigenvalue weighted by Crippen LogP contribution is 2.37. The summed E-state index contributed by atoms with van der Waals surface area (Å²) < 4.78 is 25.7. The van der Waals surface area contributed by atoms with Crippen LogP contribution in [0.15, 0.2) is 18.2 Å². The van der Waals surface area contributed by atoms with Crippen LogP contribution in [-0.2, 0) is 22.2 Å². The molecular formula is C15H20BFO2. The van der Waals surface area contributed by atoms with Gasteiger partial charge in [-0.3, -0.25) is 0 Å². The zero-order valence-corrected chi connectivity index (χ0v) is 12.0. The summed E-state index contributed by atoms with van der Waals surface area (Å²) in [4.78, 5) is 0. The molecule has 1 unspecified atom stereocenters. The first-order chi connectivity index (χ1) is 8.80. The van der Waals surface area contributed by atoms with Gasteiger partial charge in [-0.05, 0) is 44.3 Å². The molecule has 0 bridgehead atoms. The first-order valence-electron chi connectivity index (χ1n) is 6.90. The van der Waals surface area contributed by atoms with Crippen molar-refractivity contribution < 1.29 is 13.7 Å². The van der Waals surface area contributed by atoms with Crippen molar-refractivity contribution in [3.8, 4) is 0 Å². The normalized spacial score (nSPS) is 27.6. The standard InChI is InChI=1S/C15H20BFO2/c1-14(2)15(3,4)19-16(18-14)13-7-5-6-10-8-11(17)9-12(10)13/h5-7,11H,8-9H2,1-4H3. The van der Waals surface area contributed by atoms with Crippen LogP contribution in [0.3, 0.4) is 0 Å². The quantitative estimate of drug-likeness (QED) is 0.724. The van der Waals surface area contributed by atoms with Gasteiger partial charge in [0.1, 0.15) is 6.17 Å². The Hall–Kier alpha value is -0.865. The number of rotatable bonds is 1. The summed E-state index contributed by atoms with van der Waals surface area (Å²) in [6.45, 7) is 8.14. The van der Waals surface area contributed by atoms with E-state index in [2.05, 4.69) is 0 Å². The van der Waals surface area contributed by atoms with E-state index < -0.39 is 6.17 Å². The Morgan fingerprint density at radius 2 is 1.74 bits per heavy atom. The highest BCUT2D eigenvalue weighted by Gasteiger charge is 2.52. The van der Waals surface area contributed by atoms with E-state index in [0.717, 1.165) is 16.6 Å². The van der Waals surface area contributed by atoms with E-state index in [0.29, 0.717) is 12.8 Å². The lowest BCUT2D eigenvalue weighted by atomic mass is 9.75. The number of fused-ring (bicyclic) bond motifs is 1. The van der Waals surface area contributed by atoms with Crippen LogP contribution in [0.5, 0.6) is 0 Å². The van der Waals surface area contributed by atoms with E-state index >= 15 is 0 Å². The van der Waals surface area contributed by atoms with Crippen molar-refractivity contribution >= 4 is 12.6 Å². The Kier molecular flexibility index (Phi) is 2.81. The molecular weight excluding hydrogens is 242 g/mol. The highest BCUT2D eigenvalue weighted by molar-refractivity contribution is 6.62. The Morgan fingerprint density at radius 3 is 2.37 bits per heavy atom. The second-order valence-electron chi connectivity index (χ2n) is 6.58. The van der Waals surface area contributed by atoms with Crippen molar-refractivity contribution in [1.29, 1.82) is 0 Å². The Labute approximate surface area is 114 Å². The predicted molar refractivity (Wildman–Crippen MR) is 74.5 cm³/mol. The summed E-state index contributed by atoms with van der Waals surface area (Å²) in [5.41, 5.74) is 2.46. The number of hydrogen-bond donors (Lipinski definition) is 0. The Bertz CT molecular complexity index is 497. The molecule has 3 rings (SSSR count). The molecule has 0 saturated carbocycles. The molecule has 0 amide bonds. The second kappa shape index (κ2) is 4.06. The number of alkyl halides is 1. The minimum Gasteiger partial charge on any atom is -0.399 e. The van der Waals surface area contributed by atoms with Gasteiger partial charge in [0.15, 0.2) is 0 Å². The zero-order valence-electron chi connectivity index (χ0n) is 12.0. The fraction of sp³-hybridized carbons (Fsp3) is 0.600. The fourth-order valence-electron chi connectivity index (χ4n) is 2.82. The second-order valence-corrected chi connectivity index (χ2v) is 6.58. The van der Waals surface area contributed by atoms with Gasteiger partial charge in [0.2, 0.25) is 0 Å². The number of halogens is 1. The maximum absolute atomic E-state index is 13.6. The van der Waals surface area contributed by atoms with Gasteiger partial charge in [-0.2, -0.15) is 0 Å². The first kappa shape index (κ1) is 13.1. The van der Waals surface area contributed by atoms with Crippen LogP contribution in [0.1, 0.15) is 38.8 Å². The first-order valence-corrected chi connectivity index (χ1v) is 6.90. The fourth-order valence-corrected chi connectivity index (χ4v) is 2.82. The van der Waals surface area contributed by atoms with Crippen molar-refractivity contribution in [2.45, 2.75) is 57.9 Å². The zero-order chi connectivity index (χ0) is 13.8. The van der Waals surface area contributed by atoms with Gasteiger partial charge in [-0.1, -0.05) is 18.2 Å². The molecule has 1 aliphatic carbocycles. The smallest absolute Gasteiger partial charge is 0.399 e. The van der Waals surface area contributed by atoms with E-state index in [1.165, 1.54) is 0 Å². The summed E-state index contributed by atoms with van der Waals surface area (Å²) in [6, 6.07) is 5.97. The molecule has 4 heteroatoms. The van der Waals surface area contributed by atoms with Gasteiger partial charge in [0, 0.05) is 12.8 Å². The summed E-state index contributed by atoms with van der Waals surface area (Å²) in [5.74, 6) is 0. The topological polar surface area (TPSA) is 18.5 Å². The van der Waals surface area contributed by atoms with Crippen LogP contribution >= 0.6 is 0 Å². The molecule has 19 heavy (non-hydrogen) atoms. The van der Waals surface area contributed by atoms with Crippen LogP contribution in [-0.4, -0.2) is 24.5 Å². The van der Waals surface area contributed by atoms with Gasteiger partial charge in [-0.15, -0.1) is 0 Å². The minimum atomic E-state index is -0.765. The van der Waals surface area contributed by atoms with Crippen LogP contribution in [0, 0.1) is 0 Å². The van der Waals surface area contributed by atoms with Gasteiger partial charge in [-0.25, -0.2) is 4.39 Å². The molecule has 1 saturated heterocycles. The monoisotopic (exact) mass is 262 g/mol. The van der Waals surface area contributed by atoms with Crippen LogP contribution in [0.25, 0.3) is 0 Å². The lowest BCUT2D eigenvalue weighted by molar-refractivity contribution is 0.00578. The maximum Gasteiger partial charge on any atom is 0.495 e. The Morgan fingerprint density at radius 1 is 1.11 bits per heavy atom. The maximum atomic E-state index is 13.6. The Balaban J connectivity index is 1.96. The van der Waals surface area contributed by atoms with Crippen molar-refractivity contribution in [3.63, 3.8) is 0 Å². The van der Waals surface area contributed by atoms with Crippen molar-refractivity contribution in [1.82, 2.24) is 0 Å². The largest absolute Gasteiger partial charge is 0.495 e. The van der Waals surface area contributed by atoms with Gasteiger partial charge in [0.05, 0.1) is 11.2 Å². The molecule has 1 heterocycles. The molecule has 2 aliphatic rings. The molecule has 102 valence electrons. The van der Waals surface area contributed by atoms with E-state index in [1.807, 2.05) is 45.9 Å². The molecule has 1 aromatic rings. The molecule has 0 radical (unpaired) electrons. The van der Waals surface area contributed by atoms with Crippen molar-refractivity contribution in [3.05, 3.63) is 29.3 Å². The van der Waals surface area contributed by atoms with Gasteiger partial charge >= 0.3 is 7.12 Å². The van der Waals surface area contributed by atoms with E-state index in [4.69, 9.17) is 9.31 Å². The molecule has 1 aliphatic heterocycles. The third kappa shape index (κ3) is 2.02. The summed E-state index contributed by atoms with van der Waals surface area (Å²) in [5, 5.41) is 0. The SMILES string of the molecule is CC1(C)OB(c2cccc3c2CC(F)C3)OC1(C)C.